The third-order valence-corrected chi connectivity index (χ3v) is 6.49. The van der Waals surface area contributed by atoms with Crippen molar-refractivity contribution in [2.75, 3.05) is 26.2 Å². The molecule has 0 saturated heterocycles. The fraction of sp³-hybridized carbons (Fsp3) is 0.400. The van der Waals surface area contributed by atoms with E-state index in [9.17, 15) is 4.39 Å². The lowest BCUT2D eigenvalue weighted by atomic mass is 10.1. The number of rotatable bonds is 5. The van der Waals surface area contributed by atoms with Crippen molar-refractivity contribution < 1.29 is 13.9 Å². The third kappa shape index (κ3) is 3.31. The van der Waals surface area contributed by atoms with Gasteiger partial charge < -0.3 is 9.47 Å². The highest BCUT2D eigenvalue weighted by Crippen LogP contribution is 2.41. The molecule has 4 nitrogen and oxygen atoms in total. The lowest BCUT2D eigenvalue weighted by Crippen LogP contribution is -2.55. The van der Waals surface area contributed by atoms with Crippen molar-refractivity contribution in [2.24, 2.45) is 0 Å². The molecule has 5 rings (SSSR count). The fourth-order valence-electron chi connectivity index (χ4n) is 5.00. The second-order valence-corrected chi connectivity index (χ2v) is 8.61. The Hall–Kier alpha value is -2.66. The predicted molar refractivity (Wildman–Crippen MR) is 118 cm³/mol. The van der Waals surface area contributed by atoms with Crippen LogP contribution in [0.25, 0.3) is 10.9 Å². The number of fused-ring (bicyclic) bond motifs is 4. The van der Waals surface area contributed by atoms with E-state index in [1.165, 1.54) is 5.69 Å². The number of benzene rings is 2. The minimum absolute atomic E-state index is 0.0581. The molecule has 0 N–H and O–H groups in total. The Kier molecular flexibility index (Phi) is 4.86. The van der Waals surface area contributed by atoms with Crippen LogP contribution in [-0.4, -0.2) is 37.3 Å². The van der Waals surface area contributed by atoms with Crippen molar-refractivity contribution in [1.29, 1.82) is 0 Å². The maximum absolute atomic E-state index is 13.8. The van der Waals surface area contributed by atoms with Crippen molar-refractivity contribution >= 4 is 16.6 Å². The summed E-state index contributed by atoms with van der Waals surface area (Å²) in [4.78, 5) is 4.63. The first kappa shape index (κ1) is 19.3. The highest BCUT2D eigenvalue weighted by Gasteiger charge is 2.41. The molecule has 2 unspecified atom stereocenters. The molecule has 1 aromatic heterocycles. The Labute approximate surface area is 176 Å². The number of quaternary nitrogens is 1. The van der Waals surface area contributed by atoms with Gasteiger partial charge in [-0.3, -0.25) is 9.47 Å². The molecule has 2 atom stereocenters. The summed E-state index contributed by atoms with van der Waals surface area (Å²) in [5.41, 5.74) is 4.29. The molecular formula is C25H28FN2O2+. The van der Waals surface area contributed by atoms with Crippen molar-refractivity contribution in [3.63, 3.8) is 0 Å². The molecular weight excluding hydrogens is 379 g/mol. The Morgan fingerprint density at radius 2 is 2.07 bits per heavy atom. The van der Waals surface area contributed by atoms with Crippen molar-refractivity contribution in [3.8, 4) is 11.5 Å². The highest BCUT2D eigenvalue weighted by atomic mass is 19.1. The van der Waals surface area contributed by atoms with E-state index in [2.05, 4.69) is 18.0 Å². The van der Waals surface area contributed by atoms with Gasteiger partial charge in [-0.15, -0.1) is 0 Å². The molecule has 3 heterocycles. The number of aryl methyl sites for hydroxylation is 1. The summed E-state index contributed by atoms with van der Waals surface area (Å²) in [6, 6.07) is 13.3. The average Bonchev–Trinajstić information content (AvgIpc) is 3.09. The van der Waals surface area contributed by atoms with E-state index in [0.717, 1.165) is 77.0 Å². The van der Waals surface area contributed by atoms with Gasteiger partial charge in [-0.2, -0.15) is 0 Å². The Morgan fingerprint density at radius 1 is 1.17 bits per heavy atom. The lowest BCUT2D eigenvalue weighted by Gasteiger charge is -2.39. The van der Waals surface area contributed by atoms with Crippen LogP contribution < -0.4 is 14.0 Å². The van der Waals surface area contributed by atoms with Crippen LogP contribution in [-0.2, 0) is 6.42 Å². The number of ether oxygens (including phenoxy) is 2. The predicted octanol–water partition coefficient (Wildman–Crippen LogP) is 5.19. The molecule has 0 fully saturated rings. The van der Waals surface area contributed by atoms with Crippen LogP contribution in [0, 0.1) is 12.7 Å². The standard InChI is InChI=1S/C25H28FN2O2/c1-3-4-12-28(13-11-18-14-19(26)6-9-23(18)28)15-20-16-29-24-10-8-22-21(25(24)30-20)7-5-17(2)27-22/h5-10,14,20H,3-4,11-13,15-16H2,1-2H3/q+1. The van der Waals surface area contributed by atoms with Gasteiger partial charge in [0.15, 0.2) is 17.6 Å². The largest absolute Gasteiger partial charge is 0.486 e. The second kappa shape index (κ2) is 7.55. The van der Waals surface area contributed by atoms with E-state index in [1.807, 2.05) is 31.2 Å². The minimum atomic E-state index is -0.148. The quantitative estimate of drug-likeness (QED) is 0.546. The van der Waals surface area contributed by atoms with Gasteiger partial charge in [-0.1, -0.05) is 13.3 Å². The maximum Gasteiger partial charge on any atom is 0.182 e. The second-order valence-electron chi connectivity index (χ2n) is 8.61. The van der Waals surface area contributed by atoms with Gasteiger partial charge in [0, 0.05) is 29.1 Å². The number of pyridine rings is 1. The van der Waals surface area contributed by atoms with Gasteiger partial charge in [-0.25, -0.2) is 4.39 Å². The minimum Gasteiger partial charge on any atom is -0.486 e. The molecule has 5 heteroatoms. The molecule has 2 aliphatic rings. The van der Waals surface area contributed by atoms with Crippen LogP contribution in [0.5, 0.6) is 11.5 Å². The van der Waals surface area contributed by atoms with Gasteiger partial charge in [0.25, 0.3) is 0 Å². The average molecular weight is 408 g/mol. The number of nitrogens with zero attached hydrogens (tertiary/aromatic N) is 2. The Bertz CT molecular complexity index is 1100. The summed E-state index contributed by atoms with van der Waals surface area (Å²) in [5.74, 6) is 1.43. The molecule has 0 radical (unpaired) electrons. The Balaban J connectivity index is 1.47. The summed E-state index contributed by atoms with van der Waals surface area (Å²) < 4.78 is 27.3. The number of aromatic nitrogens is 1. The summed E-state index contributed by atoms with van der Waals surface area (Å²) in [6.45, 7) is 7.60. The van der Waals surface area contributed by atoms with E-state index in [4.69, 9.17) is 9.47 Å². The zero-order chi connectivity index (χ0) is 20.7. The van der Waals surface area contributed by atoms with Gasteiger partial charge in [0.05, 0.1) is 18.6 Å². The molecule has 3 aromatic rings. The third-order valence-electron chi connectivity index (χ3n) is 6.49. The molecule has 0 spiro atoms. The van der Waals surface area contributed by atoms with Crippen LogP contribution in [0.3, 0.4) is 0 Å². The van der Waals surface area contributed by atoms with Crippen LogP contribution in [0.1, 0.15) is 31.0 Å². The number of unbranched alkanes of at least 4 members (excludes halogenated alkanes) is 1. The maximum atomic E-state index is 13.8. The van der Waals surface area contributed by atoms with Crippen LogP contribution in [0.15, 0.2) is 42.5 Å². The topological polar surface area (TPSA) is 31.4 Å². The fourth-order valence-corrected chi connectivity index (χ4v) is 5.00. The highest BCUT2D eigenvalue weighted by molar-refractivity contribution is 5.88. The molecule has 156 valence electrons. The van der Waals surface area contributed by atoms with Crippen LogP contribution >= 0.6 is 0 Å². The van der Waals surface area contributed by atoms with Crippen molar-refractivity contribution in [3.05, 3.63) is 59.5 Å². The molecule has 0 aliphatic carbocycles. The van der Waals surface area contributed by atoms with Gasteiger partial charge in [-0.05, 0) is 49.7 Å². The summed E-state index contributed by atoms with van der Waals surface area (Å²) in [5, 5.41) is 0.992. The van der Waals surface area contributed by atoms with Gasteiger partial charge in [0.1, 0.15) is 24.7 Å². The van der Waals surface area contributed by atoms with Crippen LogP contribution in [0.4, 0.5) is 10.1 Å². The summed E-state index contributed by atoms with van der Waals surface area (Å²) in [6.07, 6.45) is 3.12. The first-order valence-electron chi connectivity index (χ1n) is 10.9. The number of halogens is 1. The van der Waals surface area contributed by atoms with Crippen LogP contribution in [0.2, 0.25) is 0 Å². The molecule has 0 bridgehead atoms. The normalized spacial score (nSPS) is 22.3. The SMILES string of the molecule is CCCC[N+]1(CC2COc3ccc4nc(C)ccc4c3O2)CCc2cc(F)ccc21. The van der Waals surface area contributed by atoms with Gasteiger partial charge >= 0.3 is 0 Å². The zero-order valence-electron chi connectivity index (χ0n) is 17.7. The van der Waals surface area contributed by atoms with E-state index >= 15 is 0 Å². The van der Waals surface area contributed by atoms with Crippen molar-refractivity contribution in [1.82, 2.24) is 9.47 Å². The zero-order valence-corrected chi connectivity index (χ0v) is 17.7. The van der Waals surface area contributed by atoms with E-state index < -0.39 is 0 Å². The van der Waals surface area contributed by atoms with Crippen molar-refractivity contribution in [2.45, 2.75) is 39.2 Å². The molecule has 30 heavy (non-hydrogen) atoms. The smallest absolute Gasteiger partial charge is 0.182 e. The van der Waals surface area contributed by atoms with Gasteiger partial charge in [0.2, 0.25) is 0 Å². The van der Waals surface area contributed by atoms with E-state index in [1.54, 1.807) is 12.1 Å². The first-order valence-corrected chi connectivity index (χ1v) is 10.9. The lowest BCUT2D eigenvalue weighted by molar-refractivity contribution is 0.0640. The number of hydrogen-bond acceptors (Lipinski definition) is 3. The molecule has 2 aliphatic heterocycles. The summed E-state index contributed by atoms with van der Waals surface area (Å²) >= 11 is 0. The Morgan fingerprint density at radius 3 is 2.93 bits per heavy atom. The molecule has 2 aromatic carbocycles. The molecule has 0 saturated carbocycles. The van der Waals surface area contributed by atoms with E-state index in [0.29, 0.717) is 6.61 Å². The first-order chi connectivity index (χ1) is 14.6. The van der Waals surface area contributed by atoms with E-state index in [-0.39, 0.29) is 11.9 Å². The monoisotopic (exact) mass is 407 g/mol. The summed E-state index contributed by atoms with van der Waals surface area (Å²) in [7, 11) is 0. The molecule has 0 amide bonds. The number of hydrogen-bond donors (Lipinski definition) is 0.